The third-order valence-electron chi connectivity index (χ3n) is 4.56. The number of fused-ring (bicyclic) bond motifs is 1. The Morgan fingerprint density at radius 1 is 1.17 bits per heavy atom. The second kappa shape index (κ2) is 8.00. The minimum Gasteiger partial charge on any atom is -0.480 e. The average molecular weight is 323 g/mol. The summed E-state index contributed by atoms with van der Waals surface area (Å²) in [5.74, 6) is 0.740. The summed E-state index contributed by atoms with van der Waals surface area (Å²) in [6.45, 7) is 2.63. The van der Waals surface area contributed by atoms with Crippen molar-refractivity contribution in [3.63, 3.8) is 0 Å². The molecule has 0 aromatic heterocycles. The van der Waals surface area contributed by atoms with E-state index in [-0.39, 0.29) is 5.91 Å². The van der Waals surface area contributed by atoms with Crippen molar-refractivity contribution < 1.29 is 9.53 Å². The van der Waals surface area contributed by atoms with Crippen molar-refractivity contribution in [3.05, 3.63) is 54.1 Å². The van der Waals surface area contributed by atoms with Crippen LogP contribution in [0.4, 0.5) is 0 Å². The summed E-state index contributed by atoms with van der Waals surface area (Å²) in [6.07, 6.45) is 7.17. The highest BCUT2D eigenvalue weighted by Gasteiger charge is 2.19. The van der Waals surface area contributed by atoms with Crippen LogP contribution in [0.25, 0.3) is 10.8 Å². The Hall–Kier alpha value is -2.29. The fourth-order valence-electron chi connectivity index (χ4n) is 3.15. The lowest BCUT2D eigenvalue weighted by Crippen LogP contribution is -2.39. The molecule has 0 saturated carbocycles. The molecular weight excluding hydrogens is 298 g/mol. The van der Waals surface area contributed by atoms with Gasteiger partial charge in [0.15, 0.2) is 6.10 Å². The highest BCUT2D eigenvalue weighted by Crippen LogP contribution is 2.26. The lowest BCUT2D eigenvalue weighted by Gasteiger charge is -2.20. The van der Waals surface area contributed by atoms with Crippen LogP contribution in [0.5, 0.6) is 5.75 Å². The number of carbonyl (C=O) groups is 1. The van der Waals surface area contributed by atoms with E-state index >= 15 is 0 Å². The zero-order valence-corrected chi connectivity index (χ0v) is 14.3. The molecule has 0 radical (unpaired) electrons. The van der Waals surface area contributed by atoms with Crippen LogP contribution < -0.4 is 10.1 Å². The third-order valence-corrected chi connectivity index (χ3v) is 4.56. The van der Waals surface area contributed by atoms with Crippen molar-refractivity contribution in [2.45, 2.75) is 45.1 Å². The van der Waals surface area contributed by atoms with Crippen LogP contribution in [-0.4, -0.2) is 18.6 Å². The van der Waals surface area contributed by atoms with E-state index in [9.17, 15) is 4.79 Å². The van der Waals surface area contributed by atoms with E-state index in [1.807, 2.05) is 37.3 Å². The van der Waals surface area contributed by atoms with Gasteiger partial charge in [-0.3, -0.25) is 4.79 Å². The Morgan fingerprint density at radius 2 is 2.00 bits per heavy atom. The first-order valence-corrected chi connectivity index (χ1v) is 8.88. The van der Waals surface area contributed by atoms with Crippen molar-refractivity contribution in [3.8, 4) is 5.75 Å². The van der Waals surface area contributed by atoms with Crippen LogP contribution in [0.2, 0.25) is 0 Å². The van der Waals surface area contributed by atoms with Crippen molar-refractivity contribution in [1.82, 2.24) is 5.32 Å². The lowest BCUT2D eigenvalue weighted by molar-refractivity contribution is -0.127. The lowest BCUT2D eigenvalue weighted by atomic mass is 9.99. The van der Waals surface area contributed by atoms with Gasteiger partial charge < -0.3 is 10.1 Å². The van der Waals surface area contributed by atoms with Crippen molar-refractivity contribution in [2.24, 2.45) is 0 Å². The number of benzene rings is 2. The van der Waals surface area contributed by atoms with Gasteiger partial charge in [0.05, 0.1) is 0 Å². The summed E-state index contributed by atoms with van der Waals surface area (Å²) in [5, 5.41) is 5.21. The Bertz CT molecular complexity index is 730. The van der Waals surface area contributed by atoms with Gasteiger partial charge in [0.25, 0.3) is 5.91 Å². The Morgan fingerprint density at radius 3 is 2.79 bits per heavy atom. The second-order valence-electron chi connectivity index (χ2n) is 6.32. The molecule has 3 heteroatoms. The number of hydrogen-bond acceptors (Lipinski definition) is 2. The predicted octanol–water partition coefficient (Wildman–Crippen LogP) is 4.61. The standard InChI is InChI=1S/C21H25NO2/c1-2-19(21(23)22-15-16-9-4-3-5-10-16)24-20-14-8-12-17-11-6-7-13-18(17)20/h6-9,11-14,19H,2-5,10,15H2,1H3,(H,22,23)/t19-/m0/s1. The minimum absolute atomic E-state index is 0.0306. The molecule has 2 aromatic carbocycles. The molecule has 0 fully saturated rings. The van der Waals surface area contributed by atoms with E-state index in [2.05, 4.69) is 23.5 Å². The molecule has 0 saturated heterocycles. The van der Waals surface area contributed by atoms with E-state index in [1.165, 1.54) is 18.4 Å². The van der Waals surface area contributed by atoms with E-state index in [4.69, 9.17) is 4.74 Å². The number of carbonyl (C=O) groups excluding carboxylic acids is 1. The van der Waals surface area contributed by atoms with Gasteiger partial charge in [-0.15, -0.1) is 0 Å². The van der Waals surface area contributed by atoms with Crippen LogP contribution in [0.3, 0.4) is 0 Å². The van der Waals surface area contributed by atoms with Crippen LogP contribution in [0.1, 0.15) is 39.0 Å². The van der Waals surface area contributed by atoms with Crippen LogP contribution in [0.15, 0.2) is 54.1 Å². The first-order valence-electron chi connectivity index (χ1n) is 8.88. The van der Waals surface area contributed by atoms with Crippen LogP contribution in [0, 0.1) is 0 Å². The molecule has 0 spiro atoms. The maximum absolute atomic E-state index is 12.5. The maximum atomic E-state index is 12.5. The summed E-state index contributed by atoms with van der Waals surface area (Å²) in [7, 11) is 0. The van der Waals surface area contributed by atoms with Gasteiger partial charge in [0.1, 0.15) is 5.75 Å². The molecule has 24 heavy (non-hydrogen) atoms. The molecule has 1 atom stereocenters. The number of allylic oxidation sites excluding steroid dienone is 1. The molecule has 3 rings (SSSR count). The topological polar surface area (TPSA) is 38.3 Å². The first kappa shape index (κ1) is 16.6. The Kier molecular flexibility index (Phi) is 5.52. The molecular formula is C21H25NO2. The Labute approximate surface area is 143 Å². The minimum atomic E-state index is -0.458. The molecule has 2 aromatic rings. The quantitative estimate of drug-likeness (QED) is 0.788. The number of nitrogens with one attached hydrogen (secondary N) is 1. The molecule has 3 nitrogen and oxygen atoms in total. The van der Waals surface area contributed by atoms with Crippen LogP contribution in [-0.2, 0) is 4.79 Å². The number of hydrogen-bond donors (Lipinski definition) is 1. The highest BCUT2D eigenvalue weighted by atomic mass is 16.5. The molecule has 0 heterocycles. The van der Waals surface area contributed by atoms with Crippen molar-refractivity contribution >= 4 is 16.7 Å². The summed E-state index contributed by atoms with van der Waals surface area (Å²) < 4.78 is 6.05. The smallest absolute Gasteiger partial charge is 0.261 e. The molecule has 1 amide bonds. The van der Waals surface area contributed by atoms with Crippen molar-refractivity contribution in [1.29, 1.82) is 0 Å². The maximum Gasteiger partial charge on any atom is 0.261 e. The Balaban J connectivity index is 1.67. The monoisotopic (exact) mass is 323 g/mol. The first-order chi connectivity index (χ1) is 11.8. The second-order valence-corrected chi connectivity index (χ2v) is 6.32. The highest BCUT2D eigenvalue weighted by molar-refractivity contribution is 5.89. The zero-order chi connectivity index (χ0) is 16.8. The normalized spacial score (nSPS) is 15.6. The summed E-state index contributed by atoms with van der Waals surface area (Å²) in [5.41, 5.74) is 1.34. The van der Waals surface area contributed by atoms with E-state index in [0.29, 0.717) is 13.0 Å². The molecule has 1 aliphatic rings. The van der Waals surface area contributed by atoms with Gasteiger partial charge >= 0.3 is 0 Å². The van der Waals surface area contributed by atoms with Gasteiger partial charge in [-0.2, -0.15) is 0 Å². The predicted molar refractivity (Wildman–Crippen MR) is 98.2 cm³/mol. The fourth-order valence-corrected chi connectivity index (χ4v) is 3.15. The van der Waals surface area contributed by atoms with E-state index in [1.54, 1.807) is 0 Å². The van der Waals surface area contributed by atoms with Gasteiger partial charge in [-0.1, -0.05) is 55.0 Å². The summed E-state index contributed by atoms with van der Waals surface area (Å²) >= 11 is 0. The van der Waals surface area contributed by atoms with E-state index in [0.717, 1.165) is 29.4 Å². The molecule has 126 valence electrons. The zero-order valence-electron chi connectivity index (χ0n) is 14.3. The number of rotatable bonds is 6. The third kappa shape index (κ3) is 3.97. The molecule has 0 aliphatic heterocycles. The van der Waals surface area contributed by atoms with Crippen molar-refractivity contribution in [2.75, 3.05) is 6.54 Å². The van der Waals surface area contributed by atoms with Gasteiger partial charge in [-0.05, 0) is 43.6 Å². The summed E-state index contributed by atoms with van der Waals surface area (Å²) in [6, 6.07) is 14.0. The number of ether oxygens (including phenoxy) is 1. The molecule has 1 N–H and O–H groups in total. The number of amides is 1. The average Bonchev–Trinajstić information content (AvgIpc) is 2.65. The summed E-state index contributed by atoms with van der Waals surface area (Å²) in [4.78, 5) is 12.5. The van der Waals surface area contributed by atoms with Gasteiger partial charge in [0.2, 0.25) is 0 Å². The SMILES string of the molecule is CC[C@H](Oc1cccc2ccccc12)C(=O)NCC1=CCCCC1. The molecule has 0 bridgehead atoms. The largest absolute Gasteiger partial charge is 0.480 e. The fraction of sp³-hybridized carbons (Fsp3) is 0.381. The van der Waals surface area contributed by atoms with Gasteiger partial charge in [0, 0.05) is 11.9 Å². The van der Waals surface area contributed by atoms with E-state index < -0.39 is 6.10 Å². The molecule has 1 aliphatic carbocycles. The van der Waals surface area contributed by atoms with Crippen LogP contribution >= 0.6 is 0 Å². The van der Waals surface area contributed by atoms with Gasteiger partial charge in [-0.25, -0.2) is 0 Å². The molecule has 0 unspecified atom stereocenters.